The maximum absolute atomic E-state index is 14.2. The van der Waals surface area contributed by atoms with Crippen LogP contribution in [0.2, 0.25) is 0 Å². The van der Waals surface area contributed by atoms with E-state index in [4.69, 9.17) is 9.47 Å². The van der Waals surface area contributed by atoms with E-state index in [1.54, 1.807) is 0 Å². The third kappa shape index (κ3) is 4.91. The third-order valence-corrected chi connectivity index (χ3v) is 5.64. The molecule has 0 saturated heterocycles. The summed E-state index contributed by atoms with van der Waals surface area (Å²) in [5, 5.41) is 7.40. The summed E-state index contributed by atoms with van der Waals surface area (Å²) >= 11 is 1.35. The van der Waals surface area contributed by atoms with E-state index in [9.17, 15) is 13.6 Å². The van der Waals surface area contributed by atoms with Gasteiger partial charge in [-0.3, -0.25) is 0 Å². The van der Waals surface area contributed by atoms with Gasteiger partial charge in [-0.2, -0.15) is 0 Å². The van der Waals surface area contributed by atoms with Crippen molar-refractivity contribution in [2.45, 2.75) is 19.9 Å². The Morgan fingerprint density at radius 1 is 1.16 bits per heavy atom. The van der Waals surface area contributed by atoms with Crippen LogP contribution in [0.1, 0.15) is 13.3 Å². The fourth-order valence-electron chi connectivity index (χ4n) is 3.26. The van der Waals surface area contributed by atoms with Crippen LogP contribution in [0.4, 0.5) is 19.3 Å². The maximum Gasteiger partial charge on any atom is 0.314 e. The molecule has 1 aromatic heterocycles. The van der Waals surface area contributed by atoms with Crippen LogP contribution in [0.15, 0.2) is 46.8 Å². The van der Waals surface area contributed by atoms with Crippen LogP contribution < -0.4 is 24.9 Å². The van der Waals surface area contributed by atoms with E-state index in [0.29, 0.717) is 42.4 Å². The van der Waals surface area contributed by atoms with E-state index < -0.39 is 11.6 Å². The molecule has 0 spiro atoms. The lowest BCUT2D eigenvalue weighted by atomic mass is 10.1. The van der Waals surface area contributed by atoms with Crippen molar-refractivity contribution >= 4 is 23.1 Å². The van der Waals surface area contributed by atoms with Crippen molar-refractivity contribution in [1.29, 1.82) is 0 Å². The average Bonchev–Trinajstić information content (AvgIpc) is 3.39. The normalized spacial score (nSPS) is 12.8. The van der Waals surface area contributed by atoms with Gasteiger partial charge in [0.2, 0.25) is 6.79 Å². The van der Waals surface area contributed by atoms with Gasteiger partial charge in [-0.1, -0.05) is 0 Å². The number of benzene rings is 2. The molecular weight excluding hydrogens is 438 g/mol. The zero-order valence-electron chi connectivity index (χ0n) is 17.4. The van der Waals surface area contributed by atoms with E-state index in [0.717, 1.165) is 17.3 Å². The highest BCUT2D eigenvalue weighted by atomic mass is 32.1. The van der Waals surface area contributed by atoms with Crippen LogP contribution >= 0.6 is 11.3 Å². The summed E-state index contributed by atoms with van der Waals surface area (Å²) in [6, 6.07) is 8.72. The van der Waals surface area contributed by atoms with Gasteiger partial charge < -0.3 is 24.7 Å². The minimum atomic E-state index is -0.729. The summed E-state index contributed by atoms with van der Waals surface area (Å²) in [7, 11) is 0. The van der Waals surface area contributed by atoms with Crippen molar-refractivity contribution in [2.24, 2.45) is 4.99 Å². The molecule has 2 amide bonds. The molecule has 2 heterocycles. The van der Waals surface area contributed by atoms with Crippen LogP contribution in [-0.4, -0.2) is 30.5 Å². The standard InChI is InChI=1S/C22H22F2N4O3S/c1-2-25-21(29)26-8-3-9-28-18(14-4-7-19-20(10-14)31-13-30-19)12-32-22(28)27-17-6-5-15(23)11-16(17)24/h4-7,10-12H,2-3,8-9,13H2,1H3,(H2,25,26,29). The summed E-state index contributed by atoms with van der Waals surface area (Å²) < 4.78 is 40.3. The number of amides is 2. The number of nitrogens with one attached hydrogen (secondary N) is 2. The van der Waals surface area contributed by atoms with E-state index in [1.807, 2.05) is 35.1 Å². The number of rotatable bonds is 7. The lowest BCUT2D eigenvalue weighted by Crippen LogP contribution is -2.36. The number of aromatic nitrogens is 1. The van der Waals surface area contributed by atoms with E-state index in [-0.39, 0.29) is 18.5 Å². The van der Waals surface area contributed by atoms with Gasteiger partial charge in [0.25, 0.3) is 0 Å². The summed E-state index contributed by atoms with van der Waals surface area (Å²) in [6.45, 7) is 3.56. The van der Waals surface area contributed by atoms with Gasteiger partial charge in [0, 0.05) is 36.6 Å². The Morgan fingerprint density at radius 2 is 2.00 bits per heavy atom. The second-order valence-corrected chi connectivity index (χ2v) is 7.81. The molecule has 168 valence electrons. The Balaban J connectivity index is 1.65. The fraction of sp³-hybridized carbons (Fsp3) is 0.273. The highest BCUT2D eigenvalue weighted by Gasteiger charge is 2.16. The van der Waals surface area contributed by atoms with Crippen molar-refractivity contribution in [2.75, 3.05) is 19.9 Å². The molecule has 1 aliphatic heterocycles. The molecule has 32 heavy (non-hydrogen) atoms. The molecule has 0 bridgehead atoms. The molecule has 1 aliphatic rings. The first-order valence-corrected chi connectivity index (χ1v) is 11.0. The van der Waals surface area contributed by atoms with Gasteiger partial charge in [-0.15, -0.1) is 11.3 Å². The molecule has 0 unspecified atom stereocenters. The largest absolute Gasteiger partial charge is 0.454 e. The van der Waals surface area contributed by atoms with Crippen molar-refractivity contribution < 1.29 is 23.0 Å². The number of urea groups is 1. The van der Waals surface area contributed by atoms with Gasteiger partial charge in [0.15, 0.2) is 22.1 Å². The number of halogens is 2. The third-order valence-electron chi connectivity index (χ3n) is 4.77. The average molecular weight is 461 g/mol. The molecule has 0 aliphatic carbocycles. The number of carbonyl (C=O) groups excluding carboxylic acids is 1. The molecule has 3 aromatic rings. The highest BCUT2D eigenvalue weighted by Crippen LogP contribution is 2.36. The summed E-state index contributed by atoms with van der Waals surface area (Å²) in [5.41, 5.74) is 1.82. The van der Waals surface area contributed by atoms with Crippen molar-refractivity contribution in [3.63, 3.8) is 0 Å². The zero-order chi connectivity index (χ0) is 22.5. The molecule has 2 N–H and O–H groups in total. The molecular formula is C22H22F2N4O3S. The molecule has 0 saturated carbocycles. The molecule has 4 rings (SSSR count). The zero-order valence-corrected chi connectivity index (χ0v) is 18.2. The Hall–Kier alpha value is -3.40. The van der Waals surface area contributed by atoms with Gasteiger partial charge in [0.05, 0.1) is 5.69 Å². The second-order valence-electron chi connectivity index (χ2n) is 6.97. The second kappa shape index (κ2) is 9.82. The number of nitrogens with zero attached hydrogens (tertiary/aromatic N) is 2. The predicted octanol–water partition coefficient (Wildman–Crippen LogP) is 4.17. The number of ether oxygens (including phenoxy) is 2. The van der Waals surface area contributed by atoms with Gasteiger partial charge in [0.1, 0.15) is 11.5 Å². The number of carbonyl (C=O) groups is 1. The van der Waals surface area contributed by atoms with Crippen LogP contribution in [0.5, 0.6) is 11.5 Å². The molecule has 0 fully saturated rings. The van der Waals surface area contributed by atoms with E-state index >= 15 is 0 Å². The molecule has 7 nitrogen and oxygen atoms in total. The Bertz CT molecular complexity index is 1190. The quantitative estimate of drug-likeness (QED) is 0.520. The van der Waals surface area contributed by atoms with E-state index in [1.165, 1.54) is 23.5 Å². The summed E-state index contributed by atoms with van der Waals surface area (Å²) in [5.74, 6) is -0.0494. The summed E-state index contributed by atoms with van der Waals surface area (Å²) in [6.07, 6.45) is 0.629. The monoisotopic (exact) mass is 460 g/mol. The Kier molecular flexibility index (Phi) is 6.69. The Morgan fingerprint density at radius 3 is 2.81 bits per heavy atom. The van der Waals surface area contributed by atoms with Crippen molar-refractivity contribution in [3.05, 3.63) is 58.2 Å². The van der Waals surface area contributed by atoms with Gasteiger partial charge >= 0.3 is 6.03 Å². The molecule has 10 heteroatoms. The minimum Gasteiger partial charge on any atom is -0.454 e. The van der Waals surface area contributed by atoms with Gasteiger partial charge in [-0.05, 0) is 43.7 Å². The lowest BCUT2D eigenvalue weighted by Gasteiger charge is -2.11. The first-order chi connectivity index (χ1) is 15.5. The maximum atomic E-state index is 14.2. The Labute approximate surface area is 187 Å². The first-order valence-electron chi connectivity index (χ1n) is 10.1. The molecule has 0 atom stereocenters. The van der Waals surface area contributed by atoms with Gasteiger partial charge in [-0.25, -0.2) is 18.6 Å². The highest BCUT2D eigenvalue weighted by molar-refractivity contribution is 7.07. The number of thiazole rings is 1. The van der Waals surface area contributed by atoms with Crippen LogP contribution in [0, 0.1) is 11.6 Å². The SMILES string of the molecule is CCNC(=O)NCCCn1c(-c2ccc3c(c2)OCO3)csc1=Nc1ccc(F)cc1F. The smallest absolute Gasteiger partial charge is 0.314 e. The fourth-order valence-corrected chi connectivity index (χ4v) is 4.21. The van der Waals surface area contributed by atoms with Crippen LogP contribution in [0.3, 0.4) is 0 Å². The van der Waals surface area contributed by atoms with Crippen molar-refractivity contribution in [1.82, 2.24) is 15.2 Å². The molecule has 0 radical (unpaired) electrons. The van der Waals surface area contributed by atoms with Crippen LogP contribution in [-0.2, 0) is 6.54 Å². The van der Waals surface area contributed by atoms with Crippen molar-refractivity contribution in [3.8, 4) is 22.8 Å². The number of fused-ring (bicyclic) bond motifs is 1. The number of hydrogen-bond donors (Lipinski definition) is 2. The minimum absolute atomic E-state index is 0.0553. The lowest BCUT2D eigenvalue weighted by molar-refractivity contribution is 0.174. The van der Waals surface area contributed by atoms with Crippen LogP contribution in [0.25, 0.3) is 11.3 Å². The number of hydrogen-bond acceptors (Lipinski definition) is 5. The first kappa shape index (κ1) is 21.8. The topological polar surface area (TPSA) is 76.9 Å². The molecule has 2 aromatic carbocycles. The predicted molar refractivity (Wildman–Crippen MR) is 117 cm³/mol. The summed E-state index contributed by atoms with van der Waals surface area (Å²) in [4.78, 5) is 16.6. The van der Waals surface area contributed by atoms with E-state index in [2.05, 4.69) is 15.6 Å².